The Kier molecular flexibility index (Phi) is 7.39. The normalized spacial score (nSPS) is 19.1. The van der Waals surface area contributed by atoms with Crippen LogP contribution in [0, 0.1) is 5.92 Å². The number of nitrogens with one attached hydrogen (secondary N) is 1. The Labute approximate surface area is 190 Å². The van der Waals surface area contributed by atoms with Crippen LogP contribution < -0.4 is 5.32 Å². The topological polar surface area (TPSA) is 32.3 Å². The van der Waals surface area contributed by atoms with Gasteiger partial charge in [-0.1, -0.05) is 90.5 Å². The largest absolute Gasteiger partial charge is 0.355 e. The van der Waals surface area contributed by atoms with E-state index >= 15 is 0 Å². The van der Waals surface area contributed by atoms with Crippen molar-refractivity contribution < 1.29 is 4.79 Å². The first kappa shape index (κ1) is 21.6. The number of piperidine rings is 1. The summed E-state index contributed by atoms with van der Waals surface area (Å²) in [5, 5.41) is 3.96. The van der Waals surface area contributed by atoms with Crippen LogP contribution in [0.5, 0.6) is 0 Å². The van der Waals surface area contributed by atoms with E-state index in [4.69, 9.17) is 11.6 Å². The van der Waals surface area contributed by atoms with Crippen molar-refractivity contribution in [1.82, 2.24) is 10.2 Å². The third-order valence-corrected chi connectivity index (χ3v) is 6.44. The summed E-state index contributed by atoms with van der Waals surface area (Å²) in [6.07, 6.45) is 1.73. The Balaban J connectivity index is 1.43. The Morgan fingerprint density at radius 1 is 0.903 bits per heavy atom. The highest BCUT2D eigenvalue weighted by molar-refractivity contribution is 6.31. The van der Waals surface area contributed by atoms with E-state index < -0.39 is 0 Å². The fourth-order valence-electron chi connectivity index (χ4n) is 4.46. The van der Waals surface area contributed by atoms with E-state index in [9.17, 15) is 4.79 Å². The highest BCUT2D eigenvalue weighted by atomic mass is 35.5. The molecule has 2 unspecified atom stereocenters. The molecule has 0 saturated carbocycles. The van der Waals surface area contributed by atoms with Gasteiger partial charge in [-0.3, -0.25) is 9.69 Å². The van der Waals surface area contributed by atoms with Gasteiger partial charge in [0, 0.05) is 31.2 Å². The third-order valence-electron chi connectivity index (χ3n) is 6.08. The molecule has 1 N–H and O–H groups in total. The lowest BCUT2D eigenvalue weighted by Gasteiger charge is -2.37. The summed E-state index contributed by atoms with van der Waals surface area (Å²) >= 11 is 6.42. The van der Waals surface area contributed by atoms with Gasteiger partial charge in [0.05, 0.1) is 5.92 Å². The first-order chi connectivity index (χ1) is 15.2. The van der Waals surface area contributed by atoms with Gasteiger partial charge in [-0.25, -0.2) is 0 Å². The molecule has 1 heterocycles. The van der Waals surface area contributed by atoms with Crippen LogP contribution in [0.3, 0.4) is 0 Å². The van der Waals surface area contributed by atoms with Crippen LogP contribution in [0.4, 0.5) is 0 Å². The molecule has 1 amide bonds. The molecule has 31 heavy (non-hydrogen) atoms. The van der Waals surface area contributed by atoms with Crippen molar-refractivity contribution in [2.45, 2.75) is 25.3 Å². The fraction of sp³-hybridized carbons (Fsp3) is 0.296. The van der Waals surface area contributed by atoms with Crippen LogP contribution >= 0.6 is 11.6 Å². The summed E-state index contributed by atoms with van der Waals surface area (Å²) in [5.41, 5.74) is 3.66. The van der Waals surface area contributed by atoms with Gasteiger partial charge in [0.25, 0.3) is 0 Å². The van der Waals surface area contributed by atoms with Crippen molar-refractivity contribution in [3.63, 3.8) is 0 Å². The van der Waals surface area contributed by atoms with Gasteiger partial charge in [-0.15, -0.1) is 0 Å². The number of likely N-dealkylation sites (tertiary alicyclic amines) is 1. The van der Waals surface area contributed by atoms with E-state index in [1.54, 1.807) is 0 Å². The van der Waals surface area contributed by atoms with E-state index in [2.05, 4.69) is 52.7 Å². The molecule has 4 rings (SSSR count). The lowest BCUT2D eigenvalue weighted by atomic mass is 9.84. The van der Waals surface area contributed by atoms with Crippen LogP contribution in [0.15, 0.2) is 84.9 Å². The number of nitrogens with zero attached hydrogens (tertiary/aromatic N) is 1. The first-order valence-electron chi connectivity index (χ1n) is 11.0. The molecule has 4 heteroatoms. The number of carbonyl (C=O) groups is 1. The van der Waals surface area contributed by atoms with Gasteiger partial charge in [0.15, 0.2) is 0 Å². The zero-order valence-electron chi connectivity index (χ0n) is 17.7. The van der Waals surface area contributed by atoms with E-state index in [0.29, 0.717) is 12.5 Å². The second-order valence-corrected chi connectivity index (χ2v) is 8.76. The standard InChI is InChI=1S/C27H29ClN2O/c28-26-14-8-7-13-23(26)18-30-19-24(22-11-5-2-6-12-22)17-25(20-30)27(31)29-16-15-21-9-3-1-4-10-21/h1-14,24-25H,15-20H2,(H,29,31). The third kappa shape index (κ3) is 5.96. The average molecular weight is 433 g/mol. The SMILES string of the molecule is O=C(NCCc1ccccc1)C1CC(c2ccccc2)CN(Cc2ccccc2Cl)C1. The molecule has 0 aromatic heterocycles. The van der Waals surface area contributed by atoms with E-state index in [1.165, 1.54) is 11.1 Å². The molecule has 2 atom stereocenters. The van der Waals surface area contributed by atoms with Crippen molar-refractivity contribution in [1.29, 1.82) is 0 Å². The smallest absolute Gasteiger partial charge is 0.224 e. The van der Waals surface area contributed by atoms with Gasteiger partial charge in [0.2, 0.25) is 5.91 Å². The molecule has 1 saturated heterocycles. The molecule has 160 valence electrons. The molecule has 0 aliphatic carbocycles. The number of hydrogen-bond donors (Lipinski definition) is 1. The summed E-state index contributed by atoms with van der Waals surface area (Å²) in [5.74, 6) is 0.459. The molecular formula is C27H29ClN2O. The van der Waals surface area contributed by atoms with Crippen LogP contribution in [0.1, 0.15) is 29.0 Å². The van der Waals surface area contributed by atoms with E-state index in [-0.39, 0.29) is 11.8 Å². The highest BCUT2D eigenvalue weighted by Gasteiger charge is 2.32. The molecule has 3 aromatic carbocycles. The Hall–Kier alpha value is -2.62. The maximum absolute atomic E-state index is 13.1. The lowest BCUT2D eigenvalue weighted by Crippen LogP contribution is -2.45. The van der Waals surface area contributed by atoms with Crippen LogP contribution in [-0.4, -0.2) is 30.4 Å². The van der Waals surface area contributed by atoms with E-state index in [1.807, 2.05) is 42.5 Å². The van der Waals surface area contributed by atoms with Gasteiger partial charge >= 0.3 is 0 Å². The monoisotopic (exact) mass is 432 g/mol. The molecule has 3 nitrogen and oxygen atoms in total. The maximum atomic E-state index is 13.1. The molecule has 3 aromatic rings. The van der Waals surface area contributed by atoms with Gasteiger partial charge in [-0.05, 0) is 41.5 Å². The van der Waals surface area contributed by atoms with Crippen molar-refractivity contribution in [3.05, 3.63) is 107 Å². The summed E-state index contributed by atoms with van der Waals surface area (Å²) in [6, 6.07) is 28.8. The number of hydrogen-bond acceptors (Lipinski definition) is 2. The fourth-order valence-corrected chi connectivity index (χ4v) is 4.66. The summed E-state index contributed by atoms with van der Waals surface area (Å²) in [7, 11) is 0. The predicted octanol–water partition coefficient (Wildman–Crippen LogP) is 5.30. The second kappa shape index (κ2) is 10.6. The van der Waals surface area contributed by atoms with Crippen molar-refractivity contribution in [2.24, 2.45) is 5.92 Å². The average Bonchev–Trinajstić information content (AvgIpc) is 2.81. The minimum Gasteiger partial charge on any atom is -0.355 e. The maximum Gasteiger partial charge on any atom is 0.224 e. The number of amides is 1. The molecular weight excluding hydrogens is 404 g/mol. The van der Waals surface area contributed by atoms with Crippen LogP contribution in [0.25, 0.3) is 0 Å². The molecule has 0 spiro atoms. The highest BCUT2D eigenvalue weighted by Crippen LogP contribution is 2.32. The summed E-state index contributed by atoms with van der Waals surface area (Å²) in [6.45, 7) is 3.12. The Morgan fingerprint density at radius 3 is 2.32 bits per heavy atom. The predicted molar refractivity (Wildman–Crippen MR) is 127 cm³/mol. The second-order valence-electron chi connectivity index (χ2n) is 8.35. The molecule has 1 aliphatic heterocycles. The molecule has 0 bridgehead atoms. The van der Waals surface area contributed by atoms with Gasteiger partial charge in [-0.2, -0.15) is 0 Å². The number of halogens is 1. The minimum absolute atomic E-state index is 0.0304. The van der Waals surface area contributed by atoms with E-state index in [0.717, 1.165) is 43.1 Å². The zero-order valence-corrected chi connectivity index (χ0v) is 18.5. The Bertz CT molecular complexity index is 977. The van der Waals surface area contributed by atoms with Crippen molar-refractivity contribution in [2.75, 3.05) is 19.6 Å². The number of carbonyl (C=O) groups excluding carboxylic acids is 1. The number of rotatable bonds is 7. The van der Waals surface area contributed by atoms with Crippen molar-refractivity contribution in [3.8, 4) is 0 Å². The van der Waals surface area contributed by atoms with Crippen molar-refractivity contribution >= 4 is 17.5 Å². The minimum atomic E-state index is -0.0304. The summed E-state index contributed by atoms with van der Waals surface area (Å²) < 4.78 is 0. The van der Waals surface area contributed by atoms with Gasteiger partial charge < -0.3 is 5.32 Å². The Morgan fingerprint density at radius 2 is 1.58 bits per heavy atom. The molecule has 1 aliphatic rings. The molecule has 0 radical (unpaired) electrons. The first-order valence-corrected chi connectivity index (χ1v) is 11.4. The summed E-state index contributed by atoms with van der Waals surface area (Å²) in [4.78, 5) is 15.4. The zero-order chi connectivity index (χ0) is 21.5. The quantitative estimate of drug-likeness (QED) is 0.549. The molecule has 1 fully saturated rings. The number of benzene rings is 3. The van der Waals surface area contributed by atoms with Crippen LogP contribution in [0.2, 0.25) is 5.02 Å². The van der Waals surface area contributed by atoms with Crippen LogP contribution in [-0.2, 0) is 17.8 Å². The van der Waals surface area contributed by atoms with Gasteiger partial charge in [0.1, 0.15) is 0 Å². The lowest BCUT2D eigenvalue weighted by molar-refractivity contribution is -0.127.